The van der Waals surface area contributed by atoms with Gasteiger partial charge in [0.2, 0.25) is 0 Å². The molecule has 24 heavy (non-hydrogen) atoms. The maximum absolute atomic E-state index is 11.8. The molecule has 5 nitrogen and oxygen atoms in total. The summed E-state index contributed by atoms with van der Waals surface area (Å²) >= 11 is 0. The molecule has 0 aliphatic heterocycles. The molecular formula is C19H17N3O2. The molecule has 0 fully saturated rings. The molecule has 0 spiro atoms. The fourth-order valence-electron chi connectivity index (χ4n) is 2.27. The predicted molar refractivity (Wildman–Crippen MR) is 96.8 cm³/mol. The van der Waals surface area contributed by atoms with Crippen LogP contribution in [0.15, 0.2) is 76.5 Å². The third-order valence-corrected chi connectivity index (χ3v) is 3.38. The molecule has 0 saturated carbocycles. The summed E-state index contributed by atoms with van der Waals surface area (Å²) in [5, 5.41) is 9.19. The lowest BCUT2D eigenvalue weighted by molar-refractivity contribution is -0.119. The molecule has 120 valence electrons. The van der Waals surface area contributed by atoms with Crippen LogP contribution >= 0.6 is 0 Å². The van der Waals surface area contributed by atoms with Crippen LogP contribution in [0.1, 0.15) is 5.76 Å². The molecule has 0 aliphatic carbocycles. The second-order valence-corrected chi connectivity index (χ2v) is 5.07. The molecule has 2 N–H and O–H groups in total. The van der Waals surface area contributed by atoms with Crippen molar-refractivity contribution < 1.29 is 9.21 Å². The van der Waals surface area contributed by atoms with E-state index in [1.807, 2.05) is 48.5 Å². The maximum atomic E-state index is 11.8. The van der Waals surface area contributed by atoms with Crippen LogP contribution < -0.4 is 10.7 Å². The monoisotopic (exact) mass is 319 g/mol. The Balaban J connectivity index is 1.50. The highest BCUT2D eigenvalue weighted by Crippen LogP contribution is 2.22. The lowest BCUT2D eigenvalue weighted by Gasteiger charge is -2.08. The summed E-state index contributed by atoms with van der Waals surface area (Å²) in [6.07, 6.45) is 6.54. The fraction of sp³-hybridized carbons (Fsp3) is 0.0526. The van der Waals surface area contributed by atoms with Crippen molar-refractivity contribution >= 4 is 34.7 Å². The zero-order chi connectivity index (χ0) is 16.6. The number of furan rings is 1. The van der Waals surface area contributed by atoms with Crippen molar-refractivity contribution in [2.45, 2.75) is 0 Å². The molecule has 3 aromatic rings. The summed E-state index contributed by atoms with van der Waals surface area (Å²) in [4.78, 5) is 11.8. The van der Waals surface area contributed by atoms with Gasteiger partial charge in [-0.25, -0.2) is 5.43 Å². The number of rotatable bonds is 6. The van der Waals surface area contributed by atoms with Gasteiger partial charge in [-0.1, -0.05) is 36.4 Å². The number of allylic oxidation sites excluding steroid dienone is 1. The van der Waals surface area contributed by atoms with E-state index in [4.69, 9.17) is 4.42 Å². The Morgan fingerprint density at radius 1 is 1.08 bits per heavy atom. The molecule has 0 saturated heterocycles. The van der Waals surface area contributed by atoms with Crippen LogP contribution in [0.2, 0.25) is 0 Å². The zero-order valence-corrected chi connectivity index (χ0v) is 13.0. The van der Waals surface area contributed by atoms with Gasteiger partial charge in [0, 0.05) is 17.3 Å². The first kappa shape index (κ1) is 15.6. The Kier molecular flexibility index (Phi) is 5.04. The van der Waals surface area contributed by atoms with Crippen LogP contribution in [-0.4, -0.2) is 18.7 Å². The van der Waals surface area contributed by atoms with Crippen molar-refractivity contribution in [2.75, 3.05) is 11.9 Å². The molecule has 0 atom stereocenters. The molecule has 1 amide bonds. The van der Waals surface area contributed by atoms with Gasteiger partial charge >= 0.3 is 0 Å². The van der Waals surface area contributed by atoms with E-state index in [0.29, 0.717) is 0 Å². The summed E-state index contributed by atoms with van der Waals surface area (Å²) in [6.45, 7) is 0.146. The summed E-state index contributed by atoms with van der Waals surface area (Å²) < 4.78 is 5.14. The van der Waals surface area contributed by atoms with E-state index in [-0.39, 0.29) is 12.5 Å². The van der Waals surface area contributed by atoms with Crippen molar-refractivity contribution in [2.24, 2.45) is 5.10 Å². The number of nitrogens with zero attached hydrogens (tertiary/aromatic N) is 1. The van der Waals surface area contributed by atoms with Crippen LogP contribution in [0.3, 0.4) is 0 Å². The first-order valence-electron chi connectivity index (χ1n) is 7.56. The van der Waals surface area contributed by atoms with Gasteiger partial charge in [0.25, 0.3) is 5.91 Å². The minimum atomic E-state index is -0.217. The molecule has 0 bridgehead atoms. The van der Waals surface area contributed by atoms with E-state index in [2.05, 4.69) is 15.8 Å². The molecule has 1 aromatic heterocycles. The fourth-order valence-corrected chi connectivity index (χ4v) is 2.27. The second-order valence-electron chi connectivity index (χ2n) is 5.07. The van der Waals surface area contributed by atoms with E-state index in [0.717, 1.165) is 22.2 Å². The number of hydrogen-bond acceptors (Lipinski definition) is 4. The Labute approximate surface area is 139 Å². The number of amides is 1. The van der Waals surface area contributed by atoms with Crippen molar-refractivity contribution in [1.29, 1.82) is 0 Å². The molecule has 0 radical (unpaired) electrons. The molecule has 3 rings (SSSR count). The largest absolute Gasteiger partial charge is 0.465 e. The molecule has 2 aromatic carbocycles. The summed E-state index contributed by atoms with van der Waals surface area (Å²) in [5.74, 6) is 0.510. The lowest BCUT2D eigenvalue weighted by atomic mass is 10.1. The molecule has 5 heteroatoms. The van der Waals surface area contributed by atoms with E-state index < -0.39 is 0 Å². The van der Waals surface area contributed by atoms with Gasteiger partial charge in [0.1, 0.15) is 5.76 Å². The van der Waals surface area contributed by atoms with Gasteiger partial charge in [0.05, 0.1) is 12.8 Å². The van der Waals surface area contributed by atoms with Crippen LogP contribution in [0, 0.1) is 0 Å². The van der Waals surface area contributed by atoms with Crippen molar-refractivity contribution in [1.82, 2.24) is 5.43 Å². The number of anilines is 1. The summed E-state index contributed by atoms with van der Waals surface area (Å²) in [5.41, 5.74) is 3.39. The Hall–Kier alpha value is -3.34. The van der Waals surface area contributed by atoms with Crippen LogP contribution in [0.4, 0.5) is 5.69 Å². The van der Waals surface area contributed by atoms with Gasteiger partial charge in [0.15, 0.2) is 0 Å². The van der Waals surface area contributed by atoms with E-state index in [1.54, 1.807) is 24.5 Å². The highest BCUT2D eigenvalue weighted by molar-refractivity contribution is 5.95. The minimum absolute atomic E-state index is 0.146. The SMILES string of the molecule is O=C(CNc1cccc2ccccc12)NN=C/C=C/c1ccco1. The second kappa shape index (κ2) is 7.78. The van der Waals surface area contributed by atoms with Crippen LogP contribution in [0.25, 0.3) is 16.8 Å². The molecular weight excluding hydrogens is 302 g/mol. The van der Waals surface area contributed by atoms with Gasteiger partial charge < -0.3 is 9.73 Å². The van der Waals surface area contributed by atoms with Gasteiger partial charge in [-0.3, -0.25) is 4.79 Å². The number of carbonyl (C=O) groups is 1. The number of nitrogens with one attached hydrogen (secondary N) is 2. The van der Waals surface area contributed by atoms with E-state index in [9.17, 15) is 4.79 Å². The standard InChI is InChI=1S/C19H17N3O2/c23-19(22-21-12-4-8-16-9-5-13-24-16)14-20-18-11-3-7-15-6-1-2-10-17(15)18/h1-13,20H,14H2,(H,22,23)/b8-4+,21-12?. The number of carbonyl (C=O) groups excluding carboxylic acids is 1. The normalized spacial score (nSPS) is 11.3. The third-order valence-electron chi connectivity index (χ3n) is 3.38. The number of hydrogen-bond donors (Lipinski definition) is 2. The topological polar surface area (TPSA) is 66.6 Å². The van der Waals surface area contributed by atoms with Crippen molar-refractivity contribution in [3.8, 4) is 0 Å². The minimum Gasteiger partial charge on any atom is -0.465 e. The summed E-state index contributed by atoms with van der Waals surface area (Å²) in [6, 6.07) is 17.6. The first-order valence-corrected chi connectivity index (χ1v) is 7.56. The van der Waals surface area contributed by atoms with Crippen LogP contribution in [0.5, 0.6) is 0 Å². The maximum Gasteiger partial charge on any atom is 0.259 e. The van der Waals surface area contributed by atoms with E-state index in [1.165, 1.54) is 6.21 Å². The first-order chi connectivity index (χ1) is 11.8. The van der Waals surface area contributed by atoms with Crippen molar-refractivity contribution in [3.05, 3.63) is 72.7 Å². The average Bonchev–Trinajstić information content (AvgIpc) is 3.13. The number of benzene rings is 2. The van der Waals surface area contributed by atoms with Gasteiger partial charge in [-0.2, -0.15) is 5.10 Å². The number of fused-ring (bicyclic) bond motifs is 1. The Bertz CT molecular complexity index is 862. The van der Waals surface area contributed by atoms with Gasteiger partial charge in [-0.05, 0) is 35.7 Å². The zero-order valence-electron chi connectivity index (χ0n) is 13.0. The molecule has 0 aliphatic rings. The quantitative estimate of drug-likeness (QED) is 0.538. The molecule has 1 heterocycles. The van der Waals surface area contributed by atoms with Crippen molar-refractivity contribution in [3.63, 3.8) is 0 Å². The predicted octanol–water partition coefficient (Wildman–Crippen LogP) is 3.66. The van der Waals surface area contributed by atoms with Gasteiger partial charge in [-0.15, -0.1) is 0 Å². The lowest BCUT2D eigenvalue weighted by Crippen LogP contribution is -2.25. The Morgan fingerprint density at radius 2 is 1.96 bits per heavy atom. The smallest absolute Gasteiger partial charge is 0.259 e. The third kappa shape index (κ3) is 4.10. The molecule has 0 unspecified atom stereocenters. The highest BCUT2D eigenvalue weighted by atomic mass is 16.3. The Morgan fingerprint density at radius 3 is 2.83 bits per heavy atom. The van der Waals surface area contributed by atoms with E-state index >= 15 is 0 Å². The van der Waals surface area contributed by atoms with Crippen LogP contribution in [-0.2, 0) is 4.79 Å². The average molecular weight is 319 g/mol. The summed E-state index contributed by atoms with van der Waals surface area (Å²) in [7, 11) is 0. The highest BCUT2D eigenvalue weighted by Gasteiger charge is 2.02. The number of hydrazone groups is 1.